The highest BCUT2D eigenvalue weighted by Gasteiger charge is 2.33. The van der Waals surface area contributed by atoms with Gasteiger partial charge in [-0.25, -0.2) is 0 Å². The lowest BCUT2D eigenvalue weighted by atomic mass is 9.98. The fourth-order valence-corrected chi connectivity index (χ4v) is 6.25. The molecular formula is C21H19NO3S3. The first-order chi connectivity index (χ1) is 13.8. The second-order valence-electron chi connectivity index (χ2n) is 6.65. The van der Waals surface area contributed by atoms with Gasteiger partial charge in [0.1, 0.15) is 13.2 Å². The van der Waals surface area contributed by atoms with Crippen molar-refractivity contribution in [2.45, 2.75) is 17.4 Å². The number of nitrogens with zero attached hydrogens (tertiary/aromatic N) is 1. The van der Waals surface area contributed by atoms with Crippen molar-refractivity contribution in [1.29, 1.82) is 0 Å². The fraction of sp³-hybridized carbons (Fsp3) is 0.286. The predicted molar refractivity (Wildman–Crippen MR) is 114 cm³/mol. The molecule has 0 spiro atoms. The Bertz CT molecular complexity index is 983. The molecule has 2 aliphatic rings. The van der Waals surface area contributed by atoms with Crippen LogP contribution in [0.4, 0.5) is 0 Å². The number of amides is 1. The van der Waals surface area contributed by atoms with E-state index in [1.54, 1.807) is 34.4 Å². The normalized spacial score (nSPS) is 18.0. The van der Waals surface area contributed by atoms with Crippen molar-refractivity contribution in [2.24, 2.45) is 0 Å². The van der Waals surface area contributed by atoms with Gasteiger partial charge in [0.05, 0.1) is 11.8 Å². The van der Waals surface area contributed by atoms with Crippen molar-refractivity contribution in [3.05, 3.63) is 62.5 Å². The number of hydrogen-bond donors (Lipinski definition) is 0. The van der Waals surface area contributed by atoms with E-state index in [9.17, 15) is 4.79 Å². The third kappa shape index (κ3) is 3.43. The first-order valence-electron chi connectivity index (χ1n) is 9.21. The van der Waals surface area contributed by atoms with E-state index < -0.39 is 0 Å². The summed E-state index contributed by atoms with van der Waals surface area (Å²) in [6, 6.07) is 12.3. The summed E-state index contributed by atoms with van der Waals surface area (Å²) in [4.78, 5) is 18.9. The lowest BCUT2D eigenvalue weighted by Gasteiger charge is -2.35. The zero-order valence-corrected chi connectivity index (χ0v) is 17.6. The Kier molecular flexibility index (Phi) is 5.05. The standard InChI is InChI=1S/C21H19NO3S3/c23-20(13-28-14-3-4-16-17(12-14)25-9-8-24-16)22-7-5-18-15(6-11-27-18)21(22)19-2-1-10-26-19/h1-4,6,10-12,21H,5,7-9,13H2. The summed E-state index contributed by atoms with van der Waals surface area (Å²) in [6.45, 7) is 1.93. The third-order valence-electron chi connectivity index (χ3n) is 4.97. The first-order valence-corrected chi connectivity index (χ1v) is 12.0. The third-order valence-corrected chi connectivity index (χ3v) is 7.87. The zero-order chi connectivity index (χ0) is 18.9. The molecule has 0 saturated heterocycles. The number of carbonyl (C=O) groups is 1. The number of ether oxygens (including phenoxy) is 2. The maximum atomic E-state index is 13.2. The molecule has 2 aromatic heterocycles. The van der Waals surface area contributed by atoms with E-state index in [0.29, 0.717) is 19.0 Å². The molecule has 144 valence electrons. The van der Waals surface area contributed by atoms with Gasteiger partial charge in [-0.3, -0.25) is 4.79 Å². The number of benzene rings is 1. The van der Waals surface area contributed by atoms with E-state index in [4.69, 9.17) is 9.47 Å². The van der Waals surface area contributed by atoms with Gasteiger partial charge in [0.15, 0.2) is 11.5 Å². The van der Waals surface area contributed by atoms with Gasteiger partial charge in [-0.05, 0) is 53.1 Å². The molecule has 28 heavy (non-hydrogen) atoms. The molecule has 1 atom stereocenters. The van der Waals surface area contributed by atoms with E-state index in [-0.39, 0.29) is 11.9 Å². The number of thiophene rings is 2. The Morgan fingerprint density at radius 3 is 2.86 bits per heavy atom. The van der Waals surface area contributed by atoms with Gasteiger partial charge >= 0.3 is 0 Å². The minimum Gasteiger partial charge on any atom is -0.486 e. The van der Waals surface area contributed by atoms with E-state index in [0.717, 1.165) is 29.4 Å². The highest BCUT2D eigenvalue weighted by Crippen LogP contribution is 2.40. The second kappa shape index (κ2) is 7.81. The van der Waals surface area contributed by atoms with Gasteiger partial charge in [-0.15, -0.1) is 34.4 Å². The largest absolute Gasteiger partial charge is 0.486 e. The summed E-state index contributed by atoms with van der Waals surface area (Å²) >= 11 is 5.08. The average Bonchev–Trinajstić information content (AvgIpc) is 3.43. The van der Waals surface area contributed by atoms with Crippen molar-refractivity contribution in [3.8, 4) is 11.5 Å². The Morgan fingerprint density at radius 1 is 1.11 bits per heavy atom. The average molecular weight is 430 g/mol. The van der Waals surface area contributed by atoms with Crippen LogP contribution < -0.4 is 9.47 Å². The Morgan fingerprint density at radius 2 is 2.00 bits per heavy atom. The van der Waals surface area contributed by atoms with Crippen LogP contribution in [0.5, 0.6) is 11.5 Å². The molecule has 1 amide bonds. The molecule has 5 rings (SSSR count). The fourth-order valence-electron chi connectivity index (χ4n) is 3.68. The van der Waals surface area contributed by atoms with Crippen LogP contribution in [0.25, 0.3) is 0 Å². The molecule has 1 unspecified atom stereocenters. The monoisotopic (exact) mass is 429 g/mol. The number of fused-ring (bicyclic) bond motifs is 2. The molecule has 0 aliphatic carbocycles. The maximum absolute atomic E-state index is 13.2. The smallest absolute Gasteiger partial charge is 0.233 e. The quantitative estimate of drug-likeness (QED) is 0.556. The zero-order valence-electron chi connectivity index (χ0n) is 15.1. The first kappa shape index (κ1) is 18.1. The summed E-state index contributed by atoms with van der Waals surface area (Å²) in [5.41, 5.74) is 1.29. The summed E-state index contributed by atoms with van der Waals surface area (Å²) in [5.74, 6) is 2.14. The van der Waals surface area contributed by atoms with Crippen LogP contribution in [-0.4, -0.2) is 36.3 Å². The highest BCUT2D eigenvalue weighted by molar-refractivity contribution is 8.00. The maximum Gasteiger partial charge on any atom is 0.233 e. The van der Waals surface area contributed by atoms with Crippen molar-refractivity contribution in [2.75, 3.05) is 25.5 Å². The lowest BCUT2D eigenvalue weighted by Crippen LogP contribution is -2.40. The molecule has 0 radical (unpaired) electrons. The van der Waals surface area contributed by atoms with Crippen LogP contribution in [0, 0.1) is 0 Å². The Hall–Kier alpha value is -1.96. The summed E-state index contributed by atoms with van der Waals surface area (Å²) in [6.07, 6.45) is 0.940. The molecule has 4 nitrogen and oxygen atoms in total. The van der Waals surface area contributed by atoms with Crippen LogP contribution in [0.1, 0.15) is 21.4 Å². The van der Waals surface area contributed by atoms with Gasteiger partial charge in [0, 0.05) is 21.2 Å². The summed E-state index contributed by atoms with van der Waals surface area (Å²) < 4.78 is 11.2. The molecule has 0 N–H and O–H groups in total. The minimum absolute atomic E-state index is 0.0448. The number of rotatable bonds is 4. The molecule has 1 aromatic carbocycles. The predicted octanol–water partition coefficient (Wildman–Crippen LogP) is 4.85. The van der Waals surface area contributed by atoms with E-state index in [2.05, 4.69) is 29.0 Å². The van der Waals surface area contributed by atoms with Crippen LogP contribution in [0.3, 0.4) is 0 Å². The van der Waals surface area contributed by atoms with Crippen LogP contribution in [0.15, 0.2) is 52.1 Å². The van der Waals surface area contributed by atoms with Crippen LogP contribution in [-0.2, 0) is 11.2 Å². The van der Waals surface area contributed by atoms with Crippen molar-refractivity contribution in [1.82, 2.24) is 4.90 Å². The van der Waals surface area contributed by atoms with Crippen LogP contribution >= 0.6 is 34.4 Å². The van der Waals surface area contributed by atoms with Crippen molar-refractivity contribution in [3.63, 3.8) is 0 Å². The van der Waals surface area contributed by atoms with Gasteiger partial charge < -0.3 is 14.4 Å². The van der Waals surface area contributed by atoms with E-state index in [1.165, 1.54) is 15.3 Å². The Balaban J connectivity index is 1.33. The van der Waals surface area contributed by atoms with Gasteiger partial charge in [-0.1, -0.05) is 6.07 Å². The highest BCUT2D eigenvalue weighted by atomic mass is 32.2. The second-order valence-corrected chi connectivity index (χ2v) is 9.68. The van der Waals surface area contributed by atoms with E-state index in [1.807, 2.05) is 23.1 Å². The topological polar surface area (TPSA) is 38.8 Å². The molecule has 3 aromatic rings. The van der Waals surface area contributed by atoms with E-state index >= 15 is 0 Å². The number of thioether (sulfide) groups is 1. The van der Waals surface area contributed by atoms with Crippen molar-refractivity contribution < 1.29 is 14.3 Å². The Labute approximate surface area is 176 Å². The molecule has 0 bridgehead atoms. The minimum atomic E-state index is 0.0448. The lowest BCUT2D eigenvalue weighted by molar-refractivity contribution is -0.130. The molecule has 0 fully saturated rings. The van der Waals surface area contributed by atoms with Gasteiger partial charge in [-0.2, -0.15) is 0 Å². The van der Waals surface area contributed by atoms with Crippen molar-refractivity contribution >= 4 is 40.3 Å². The molecule has 0 saturated carbocycles. The SMILES string of the molecule is O=C(CSc1ccc2c(c1)OCCO2)N1CCc2sccc2C1c1cccs1. The summed E-state index contributed by atoms with van der Waals surface area (Å²) in [7, 11) is 0. The molecule has 7 heteroatoms. The summed E-state index contributed by atoms with van der Waals surface area (Å²) in [5, 5.41) is 4.23. The molecular weight excluding hydrogens is 410 g/mol. The molecule has 4 heterocycles. The molecule has 2 aliphatic heterocycles. The van der Waals surface area contributed by atoms with Crippen LogP contribution in [0.2, 0.25) is 0 Å². The number of hydrogen-bond acceptors (Lipinski definition) is 6. The number of carbonyl (C=O) groups excluding carboxylic acids is 1. The van der Waals surface area contributed by atoms with Gasteiger partial charge in [0.25, 0.3) is 0 Å². The van der Waals surface area contributed by atoms with Gasteiger partial charge in [0.2, 0.25) is 5.91 Å².